The fourth-order valence-electron chi connectivity index (χ4n) is 2.59. The Morgan fingerprint density at radius 1 is 1.17 bits per heavy atom. The highest BCUT2D eigenvalue weighted by molar-refractivity contribution is 5.80. The molecule has 2 rings (SSSR count). The Bertz CT molecular complexity index is 501. The number of hydrogen-bond acceptors (Lipinski definition) is 5. The molecule has 1 aromatic rings. The summed E-state index contributed by atoms with van der Waals surface area (Å²) in [7, 11) is 0. The number of hydrogen-bond donors (Lipinski definition) is 2. The summed E-state index contributed by atoms with van der Waals surface area (Å²) in [5.41, 5.74) is 0.134. The fraction of sp³-hybridized carbons (Fsp3) is 0.706. The van der Waals surface area contributed by atoms with Crippen molar-refractivity contribution < 1.29 is 0 Å². The minimum atomic E-state index is 0.134. The van der Waals surface area contributed by atoms with E-state index in [-0.39, 0.29) is 5.54 Å². The summed E-state index contributed by atoms with van der Waals surface area (Å²) in [6.07, 6.45) is 3.59. The molecule has 0 amide bonds. The van der Waals surface area contributed by atoms with E-state index in [2.05, 4.69) is 58.1 Å². The molecule has 1 aliphatic rings. The van der Waals surface area contributed by atoms with E-state index in [0.717, 1.165) is 57.7 Å². The van der Waals surface area contributed by atoms with Crippen LogP contribution >= 0.6 is 0 Å². The monoisotopic (exact) mass is 333 g/mol. The lowest BCUT2D eigenvalue weighted by Crippen LogP contribution is -2.53. The number of nitrogens with zero attached hydrogens (tertiary/aromatic N) is 5. The summed E-state index contributed by atoms with van der Waals surface area (Å²) in [6, 6.07) is 1.85. The highest BCUT2D eigenvalue weighted by Crippen LogP contribution is 2.09. The second-order valence-corrected chi connectivity index (χ2v) is 6.94. The molecule has 2 heterocycles. The summed E-state index contributed by atoms with van der Waals surface area (Å²) in [6.45, 7) is 14.9. The van der Waals surface area contributed by atoms with Gasteiger partial charge in [0.15, 0.2) is 5.96 Å². The maximum atomic E-state index is 4.76. The van der Waals surface area contributed by atoms with Gasteiger partial charge in [-0.15, -0.1) is 0 Å². The average Bonchev–Trinajstić information content (AvgIpc) is 2.58. The van der Waals surface area contributed by atoms with E-state index in [1.54, 1.807) is 12.4 Å². The lowest BCUT2D eigenvalue weighted by molar-refractivity contribution is 0.369. The van der Waals surface area contributed by atoms with E-state index >= 15 is 0 Å². The quantitative estimate of drug-likeness (QED) is 0.475. The number of aliphatic imine (C=N–C) groups is 1. The standard InChI is InChI=1S/C17H31N7/c1-5-18-15(21-9-10-22-17(2,3)4)23-11-13-24(14-12-23)16-19-7-6-8-20-16/h6-8,22H,5,9-14H2,1-4H3,(H,18,21). The molecule has 1 aliphatic heterocycles. The lowest BCUT2D eigenvalue weighted by atomic mass is 10.1. The summed E-state index contributed by atoms with van der Waals surface area (Å²) in [5.74, 6) is 1.82. The smallest absolute Gasteiger partial charge is 0.225 e. The number of piperazine rings is 1. The van der Waals surface area contributed by atoms with Crippen LogP contribution in [0.2, 0.25) is 0 Å². The van der Waals surface area contributed by atoms with E-state index < -0.39 is 0 Å². The van der Waals surface area contributed by atoms with Crippen molar-refractivity contribution in [2.45, 2.75) is 33.2 Å². The predicted octanol–water partition coefficient (Wildman–Crippen LogP) is 0.952. The molecule has 1 aromatic heterocycles. The number of guanidine groups is 1. The zero-order valence-corrected chi connectivity index (χ0v) is 15.4. The third-order valence-corrected chi connectivity index (χ3v) is 3.78. The molecular weight excluding hydrogens is 302 g/mol. The predicted molar refractivity (Wildman–Crippen MR) is 99.6 cm³/mol. The van der Waals surface area contributed by atoms with Crippen molar-refractivity contribution in [1.29, 1.82) is 0 Å². The van der Waals surface area contributed by atoms with Gasteiger partial charge in [0.05, 0.1) is 6.54 Å². The maximum absolute atomic E-state index is 4.76. The van der Waals surface area contributed by atoms with Gasteiger partial charge in [-0.05, 0) is 33.8 Å². The average molecular weight is 333 g/mol. The van der Waals surface area contributed by atoms with Gasteiger partial charge in [0.2, 0.25) is 5.95 Å². The molecule has 2 N–H and O–H groups in total. The Labute approximate surface area is 145 Å². The van der Waals surface area contributed by atoms with Crippen molar-refractivity contribution in [3.05, 3.63) is 18.5 Å². The van der Waals surface area contributed by atoms with E-state index in [4.69, 9.17) is 4.99 Å². The SMILES string of the molecule is CCNC(=NCCNC(C)(C)C)N1CCN(c2ncccn2)CC1. The Hall–Kier alpha value is -1.89. The van der Waals surface area contributed by atoms with Crippen LogP contribution < -0.4 is 15.5 Å². The van der Waals surface area contributed by atoms with Gasteiger partial charge < -0.3 is 20.4 Å². The van der Waals surface area contributed by atoms with Gasteiger partial charge in [-0.1, -0.05) is 0 Å². The fourth-order valence-corrected chi connectivity index (χ4v) is 2.59. The van der Waals surface area contributed by atoms with Crippen LogP contribution in [0.15, 0.2) is 23.5 Å². The van der Waals surface area contributed by atoms with Gasteiger partial charge in [0, 0.05) is 57.2 Å². The molecule has 0 spiro atoms. The van der Waals surface area contributed by atoms with Crippen molar-refractivity contribution in [3.63, 3.8) is 0 Å². The van der Waals surface area contributed by atoms with Crippen LogP contribution in [0.25, 0.3) is 0 Å². The van der Waals surface area contributed by atoms with E-state index in [9.17, 15) is 0 Å². The first-order valence-electron chi connectivity index (χ1n) is 8.80. The van der Waals surface area contributed by atoms with Crippen LogP contribution in [0.1, 0.15) is 27.7 Å². The van der Waals surface area contributed by atoms with Crippen LogP contribution in [-0.2, 0) is 0 Å². The number of aromatic nitrogens is 2. The first kappa shape index (κ1) is 18.4. The normalized spacial score (nSPS) is 16.4. The highest BCUT2D eigenvalue weighted by Gasteiger charge is 2.21. The van der Waals surface area contributed by atoms with Gasteiger partial charge in [-0.3, -0.25) is 4.99 Å². The molecule has 134 valence electrons. The molecule has 0 atom stereocenters. The van der Waals surface area contributed by atoms with Crippen LogP contribution in [0, 0.1) is 0 Å². The summed E-state index contributed by atoms with van der Waals surface area (Å²) in [4.78, 5) is 18.0. The van der Waals surface area contributed by atoms with Crippen LogP contribution in [0.4, 0.5) is 5.95 Å². The third kappa shape index (κ3) is 5.96. The molecule has 7 heteroatoms. The molecule has 7 nitrogen and oxygen atoms in total. The molecule has 0 unspecified atom stereocenters. The molecular formula is C17H31N7. The molecule has 1 saturated heterocycles. The van der Waals surface area contributed by atoms with E-state index in [1.165, 1.54) is 0 Å². The Balaban J connectivity index is 1.86. The lowest BCUT2D eigenvalue weighted by Gasteiger charge is -2.36. The van der Waals surface area contributed by atoms with Gasteiger partial charge in [-0.2, -0.15) is 0 Å². The number of rotatable bonds is 5. The maximum Gasteiger partial charge on any atom is 0.225 e. The summed E-state index contributed by atoms with van der Waals surface area (Å²) in [5, 5.41) is 6.88. The van der Waals surface area contributed by atoms with Crippen molar-refractivity contribution >= 4 is 11.9 Å². The van der Waals surface area contributed by atoms with Crippen molar-refractivity contribution in [1.82, 2.24) is 25.5 Å². The van der Waals surface area contributed by atoms with Crippen molar-refractivity contribution in [2.75, 3.05) is 50.7 Å². The second kappa shape index (κ2) is 8.82. The Morgan fingerprint density at radius 2 is 1.83 bits per heavy atom. The van der Waals surface area contributed by atoms with Crippen LogP contribution in [0.3, 0.4) is 0 Å². The minimum Gasteiger partial charge on any atom is -0.357 e. The minimum absolute atomic E-state index is 0.134. The molecule has 0 saturated carbocycles. The van der Waals surface area contributed by atoms with Gasteiger partial charge in [0.1, 0.15) is 0 Å². The molecule has 0 bridgehead atoms. The third-order valence-electron chi connectivity index (χ3n) is 3.78. The Morgan fingerprint density at radius 3 is 2.42 bits per heavy atom. The van der Waals surface area contributed by atoms with E-state index in [1.807, 2.05) is 6.07 Å². The van der Waals surface area contributed by atoms with Gasteiger partial charge >= 0.3 is 0 Å². The molecule has 24 heavy (non-hydrogen) atoms. The molecule has 0 aliphatic carbocycles. The zero-order chi connectivity index (χ0) is 17.4. The summed E-state index contributed by atoms with van der Waals surface area (Å²) >= 11 is 0. The first-order chi connectivity index (χ1) is 11.5. The highest BCUT2D eigenvalue weighted by atomic mass is 15.4. The number of nitrogens with one attached hydrogen (secondary N) is 2. The molecule has 1 fully saturated rings. The van der Waals surface area contributed by atoms with Crippen LogP contribution in [-0.4, -0.2) is 72.2 Å². The zero-order valence-electron chi connectivity index (χ0n) is 15.4. The van der Waals surface area contributed by atoms with Gasteiger partial charge in [-0.25, -0.2) is 9.97 Å². The van der Waals surface area contributed by atoms with Gasteiger partial charge in [0.25, 0.3) is 0 Å². The second-order valence-electron chi connectivity index (χ2n) is 6.94. The van der Waals surface area contributed by atoms with E-state index in [0.29, 0.717) is 0 Å². The topological polar surface area (TPSA) is 68.7 Å². The molecule has 0 aromatic carbocycles. The number of anilines is 1. The first-order valence-corrected chi connectivity index (χ1v) is 8.80. The molecule has 0 radical (unpaired) electrons. The Kier molecular flexibility index (Phi) is 6.78. The van der Waals surface area contributed by atoms with Crippen molar-refractivity contribution in [2.24, 2.45) is 4.99 Å². The van der Waals surface area contributed by atoms with Crippen molar-refractivity contribution in [3.8, 4) is 0 Å². The van der Waals surface area contributed by atoms with Crippen LogP contribution in [0.5, 0.6) is 0 Å². The summed E-state index contributed by atoms with van der Waals surface area (Å²) < 4.78 is 0. The largest absolute Gasteiger partial charge is 0.357 e.